The first-order chi connectivity index (χ1) is 15.1. The number of halogens is 1. The number of carbonyl (C=O) groups is 2. The Hall–Kier alpha value is -3.81. The Kier molecular flexibility index (Phi) is 6.16. The third kappa shape index (κ3) is 5.22. The van der Waals surface area contributed by atoms with E-state index in [9.17, 15) is 14.0 Å². The molecule has 0 aliphatic carbocycles. The van der Waals surface area contributed by atoms with E-state index in [0.717, 1.165) is 31.6 Å². The molecule has 7 nitrogen and oxygen atoms in total. The van der Waals surface area contributed by atoms with Gasteiger partial charge in [0.25, 0.3) is 5.91 Å². The minimum absolute atomic E-state index is 0.263. The Labute approximate surface area is 179 Å². The van der Waals surface area contributed by atoms with Crippen molar-refractivity contribution in [1.82, 2.24) is 5.32 Å². The van der Waals surface area contributed by atoms with E-state index in [4.69, 9.17) is 4.42 Å². The van der Waals surface area contributed by atoms with Crippen molar-refractivity contribution in [3.63, 3.8) is 0 Å². The summed E-state index contributed by atoms with van der Waals surface area (Å²) in [6.07, 6.45) is 3.73. The molecule has 3 N–H and O–H groups in total. The highest BCUT2D eigenvalue weighted by molar-refractivity contribution is 6.05. The Balaban J connectivity index is 1.50. The molecule has 3 aromatic rings. The van der Waals surface area contributed by atoms with Crippen molar-refractivity contribution < 1.29 is 18.4 Å². The van der Waals surface area contributed by atoms with Gasteiger partial charge < -0.3 is 25.3 Å². The number of urea groups is 1. The van der Waals surface area contributed by atoms with Crippen LogP contribution >= 0.6 is 0 Å². The summed E-state index contributed by atoms with van der Waals surface area (Å²) in [5, 5.41) is 8.43. The van der Waals surface area contributed by atoms with Crippen LogP contribution in [0.5, 0.6) is 0 Å². The van der Waals surface area contributed by atoms with E-state index in [2.05, 4.69) is 20.9 Å². The number of hydrogen-bond donors (Lipinski definition) is 3. The molecule has 3 amide bonds. The molecule has 2 aromatic carbocycles. The molecule has 1 fully saturated rings. The molecule has 0 atom stereocenters. The first-order valence-corrected chi connectivity index (χ1v) is 10.1. The van der Waals surface area contributed by atoms with Crippen LogP contribution in [0.25, 0.3) is 0 Å². The van der Waals surface area contributed by atoms with Crippen LogP contribution in [0.2, 0.25) is 0 Å². The summed E-state index contributed by atoms with van der Waals surface area (Å²) < 4.78 is 18.3. The fourth-order valence-corrected chi connectivity index (χ4v) is 3.50. The summed E-state index contributed by atoms with van der Waals surface area (Å²) in [7, 11) is 0. The van der Waals surface area contributed by atoms with E-state index in [1.807, 2.05) is 6.07 Å². The lowest BCUT2D eigenvalue weighted by molar-refractivity contribution is 0.102. The Morgan fingerprint density at radius 1 is 1.00 bits per heavy atom. The normalized spacial score (nSPS) is 13.1. The molecular formula is C23H23FN4O3. The van der Waals surface area contributed by atoms with E-state index in [1.165, 1.54) is 24.3 Å². The summed E-state index contributed by atoms with van der Waals surface area (Å²) in [4.78, 5) is 27.1. The van der Waals surface area contributed by atoms with Crippen LogP contribution in [0.15, 0.2) is 65.3 Å². The van der Waals surface area contributed by atoms with Gasteiger partial charge in [-0.2, -0.15) is 0 Å². The zero-order valence-corrected chi connectivity index (χ0v) is 16.9. The number of furan rings is 1. The van der Waals surface area contributed by atoms with Crippen LogP contribution in [0.3, 0.4) is 0 Å². The Bertz CT molecular complexity index is 1050. The first kappa shape index (κ1) is 20.5. The minimum atomic E-state index is -0.404. The minimum Gasteiger partial charge on any atom is -0.467 e. The van der Waals surface area contributed by atoms with Crippen molar-refractivity contribution in [2.75, 3.05) is 28.6 Å². The molecule has 160 valence electrons. The fourth-order valence-electron chi connectivity index (χ4n) is 3.50. The molecule has 1 aromatic heterocycles. The van der Waals surface area contributed by atoms with E-state index in [-0.39, 0.29) is 18.5 Å². The molecular weight excluding hydrogens is 399 g/mol. The Morgan fingerprint density at radius 3 is 2.48 bits per heavy atom. The van der Waals surface area contributed by atoms with E-state index in [1.54, 1.807) is 30.5 Å². The van der Waals surface area contributed by atoms with Crippen LogP contribution in [-0.2, 0) is 6.54 Å². The summed E-state index contributed by atoms with van der Waals surface area (Å²) >= 11 is 0. The molecule has 1 aliphatic rings. The lowest BCUT2D eigenvalue weighted by atomic mass is 10.2. The van der Waals surface area contributed by atoms with Gasteiger partial charge in [0.1, 0.15) is 11.6 Å². The third-order valence-corrected chi connectivity index (χ3v) is 5.06. The molecule has 0 bridgehead atoms. The van der Waals surface area contributed by atoms with Gasteiger partial charge in [-0.1, -0.05) is 0 Å². The molecule has 0 saturated carbocycles. The first-order valence-electron chi connectivity index (χ1n) is 10.1. The van der Waals surface area contributed by atoms with Gasteiger partial charge in [-0.15, -0.1) is 0 Å². The SMILES string of the molecule is O=C(NCc1ccco1)Nc1cc(NC(=O)c2ccc(F)cc2)ccc1N1CCCC1. The second kappa shape index (κ2) is 9.34. The number of benzene rings is 2. The maximum Gasteiger partial charge on any atom is 0.319 e. The largest absolute Gasteiger partial charge is 0.467 e. The zero-order valence-electron chi connectivity index (χ0n) is 16.9. The Morgan fingerprint density at radius 2 is 1.77 bits per heavy atom. The van der Waals surface area contributed by atoms with Gasteiger partial charge in [-0.3, -0.25) is 4.79 Å². The summed E-state index contributed by atoms with van der Waals surface area (Å²) in [6, 6.07) is 13.9. The number of hydrogen-bond acceptors (Lipinski definition) is 4. The van der Waals surface area contributed by atoms with Crippen LogP contribution in [-0.4, -0.2) is 25.0 Å². The maximum absolute atomic E-state index is 13.1. The quantitative estimate of drug-likeness (QED) is 0.542. The third-order valence-electron chi connectivity index (χ3n) is 5.06. The van der Waals surface area contributed by atoms with E-state index >= 15 is 0 Å². The second-order valence-electron chi connectivity index (χ2n) is 7.27. The van der Waals surface area contributed by atoms with Gasteiger partial charge in [-0.05, 0) is 67.4 Å². The number of amides is 3. The monoisotopic (exact) mass is 422 g/mol. The number of carbonyl (C=O) groups excluding carboxylic acids is 2. The van der Waals surface area contributed by atoms with Crippen molar-refractivity contribution in [2.24, 2.45) is 0 Å². The molecule has 1 saturated heterocycles. The fraction of sp³-hybridized carbons (Fsp3) is 0.217. The van der Waals surface area contributed by atoms with Gasteiger partial charge in [0.15, 0.2) is 0 Å². The highest BCUT2D eigenvalue weighted by Gasteiger charge is 2.18. The number of anilines is 3. The number of nitrogens with zero attached hydrogens (tertiary/aromatic N) is 1. The summed E-state index contributed by atoms with van der Waals surface area (Å²) in [5.41, 5.74) is 2.36. The highest BCUT2D eigenvalue weighted by atomic mass is 19.1. The van der Waals surface area contributed by atoms with Gasteiger partial charge in [0, 0.05) is 24.3 Å². The lowest BCUT2D eigenvalue weighted by Crippen LogP contribution is -2.29. The van der Waals surface area contributed by atoms with Crippen molar-refractivity contribution in [3.8, 4) is 0 Å². The molecule has 8 heteroatoms. The average Bonchev–Trinajstić information content (AvgIpc) is 3.47. The lowest BCUT2D eigenvalue weighted by Gasteiger charge is -2.22. The molecule has 1 aliphatic heterocycles. The van der Waals surface area contributed by atoms with Crippen molar-refractivity contribution in [3.05, 3.63) is 78.0 Å². The topological polar surface area (TPSA) is 86.6 Å². The highest BCUT2D eigenvalue weighted by Crippen LogP contribution is 2.32. The maximum atomic E-state index is 13.1. The van der Waals surface area contributed by atoms with Gasteiger partial charge in [-0.25, -0.2) is 9.18 Å². The molecule has 4 rings (SSSR count). The predicted molar refractivity (Wildman–Crippen MR) is 117 cm³/mol. The second-order valence-corrected chi connectivity index (χ2v) is 7.27. The predicted octanol–water partition coefficient (Wildman–Crippen LogP) is 4.59. The van der Waals surface area contributed by atoms with Gasteiger partial charge in [0.05, 0.1) is 24.2 Å². The summed E-state index contributed by atoms with van der Waals surface area (Å²) in [5.74, 6) is -0.115. The number of rotatable bonds is 6. The van der Waals surface area contributed by atoms with Crippen LogP contribution in [0.1, 0.15) is 29.0 Å². The summed E-state index contributed by atoms with van der Waals surface area (Å²) in [6.45, 7) is 2.08. The van der Waals surface area contributed by atoms with Crippen LogP contribution in [0.4, 0.5) is 26.2 Å². The number of nitrogens with one attached hydrogen (secondary N) is 3. The zero-order chi connectivity index (χ0) is 21.6. The standard InChI is InChI=1S/C23H23FN4O3/c24-17-7-5-16(6-8-17)22(29)26-18-9-10-21(28-11-1-2-12-28)20(14-18)27-23(30)25-15-19-4-3-13-31-19/h3-10,13-14H,1-2,11-12,15H2,(H,26,29)(H2,25,27,30). The molecule has 0 unspecified atom stereocenters. The molecule has 0 radical (unpaired) electrons. The van der Waals surface area contributed by atoms with E-state index < -0.39 is 5.82 Å². The molecule has 31 heavy (non-hydrogen) atoms. The molecule has 2 heterocycles. The van der Waals surface area contributed by atoms with Gasteiger partial charge in [0.2, 0.25) is 0 Å². The smallest absolute Gasteiger partial charge is 0.319 e. The van der Waals surface area contributed by atoms with Crippen molar-refractivity contribution in [1.29, 1.82) is 0 Å². The van der Waals surface area contributed by atoms with Crippen LogP contribution < -0.4 is 20.9 Å². The van der Waals surface area contributed by atoms with Gasteiger partial charge >= 0.3 is 6.03 Å². The van der Waals surface area contributed by atoms with E-state index in [0.29, 0.717) is 22.7 Å². The van der Waals surface area contributed by atoms with Crippen molar-refractivity contribution >= 4 is 29.0 Å². The van der Waals surface area contributed by atoms with Crippen LogP contribution in [0, 0.1) is 5.82 Å². The average molecular weight is 422 g/mol. The van der Waals surface area contributed by atoms with Crippen molar-refractivity contribution in [2.45, 2.75) is 19.4 Å². The molecule has 0 spiro atoms.